The first-order chi connectivity index (χ1) is 35.5. The fourth-order valence-corrected chi connectivity index (χ4v) is 10.2. The summed E-state index contributed by atoms with van der Waals surface area (Å²) in [6.45, 7) is 4.95. The smallest absolute Gasteiger partial charge is 0.305 e. The Morgan fingerprint density at radius 2 is 0.653 bits per heavy atom. The van der Waals surface area contributed by atoms with E-state index in [0.29, 0.717) is 25.9 Å². The fourth-order valence-electron chi connectivity index (χ4n) is 10.2. The van der Waals surface area contributed by atoms with Crippen molar-refractivity contribution in [3.63, 3.8) is 0 Å². The summed E-state index contributed by atoms with van der Waals surface area (Å²) in [7, 11) is 0. The molecule has 0 saturated heterocycles. The van der Waals surface area contributed by atoms with Crippen molar-refractivity contribution in [2.75, 3.05) is 13.2 Å². The predicted molar refractivity (Wildman–Crippen MR) is 315 cm³/mol. The Morgan fingerprint density at radius 1 is 0.375 bits per heavy atom. The molecular formula is C66H127NO5. The van der Waals surface area contributed by atoms with Gasteiger partial charge in [0, 0.05) is 12.8 Å². The lowest BCUT2D eigenvalue weighted by atomic mass is 10.0. The molecule has 0 radical (unpaired) electrons. The summed E-state index contributed by atoms with van der Waals surface area (Å²) >= 11 is 0. The minimum absolute atomic E-state index is 0.00978. The van der Waals surface area contributed by atoms with Crippen LogP contribution in [0.2, 0.25) is 0 Å². The lowest BCUT2D eigenvalue weighted by Gasteiger charge is -2.22. The second kappa shape index (κ2) is 61.9. The summed E-state index contributed by atoms with van der Waals surface area (Å²) < 4.78 is 5.47. The van der Waals surface area contributed by atoms with E-state index < -0.39 is 12.1 Å². The van der Waals surface area contributed by atoms with Crippen LogP contribution in [0.25, 0.3) is 0 Å². The maximum Gasteiger partial charge on any atom is 0.305 e. The normalized spacial score (nSPS) is 12.7. The number of carbonyl (C=O) groups is 2. The number of hydrogen-bond acceptors (Lipinski definition) is 5. The monoisotopic (exact) mass is 1010 g/mol. The molecule has 0 bridgehead atoms. The van der Waals surface area contributed by atoms with E-state index >= 15 is 0 Å². The van der Waals surface area contributed by atoms with E-state index in [-0.39, 0.29) is 18.5 Å². The SMILES string of the molecule is CCCCCCCC/C=C\CCCCCCCC(=O)OCCCCCCCCC/C=C\CCCCCCCC(=O)NC(CO)C(O)CCCCCCCCCCCCCCCCCCCCCCCCCC. The number of hydrogen-bond donors (Lipinski definition) is 3. The zero-order chi connectivity index (χ0) is 52.2. The number of allylic oxidation sites excluding steroid dienone is 4. The van der Waals surface area contributed by atoms with Gasteiger partial charge in [-0.3, -0.25) is 9.59 Å². The zero-order valence-electron chi connectivity index (χ0n) is 48.7. The quantitative estimate of drug-likeness (QED) is 0.0320. The van der Waals surface area contributed by atoms with Crippen LogP contribution in [0.3, 0.4) is 0 Å². The molecule has 1 amide bonds. The van der Waals surface area contributed by atoms with Crippen molar-refractivity contribution >= 4 is 11.9 Å². The first-order valence-corrected chi connectivity index (χ1v) is 32.6. The van der Waals surface area contributed by atoms with Crippen molar-refractivity contribution < 1.29 is 24.5 Å². The second-order valence-electron chi connectivity index (χ2n) is 22.4. The molecule has 2 unspecified atom stereocenters. The first kappa shape index (κ1) is 70.3. The van der Waals surface area contributed by atoms with Gasteiger partial charge in [-0.05, 0) is 77.0 Å². The summed E-state index contributed by atoms with van der Waals surface area (Å²) in [4.78, 5) is 24.6. The molecule has 0 aliphatic heterocycles. The van der Waals surface area contributed by atoms with Gasteiger partial charge in [-0.15, -0.1) is 0 Å². The molecule has 0 saturated carbocycles. The zero-order valence-corrected chi connectivity index (χ0v) is 48.7. The van der Waals surface area contributed by atoms with Gasteiger partial charge in [0.15, 0.2) is 0 Å². The van der Waals surface area contributed by atoms with Crippen LogP contribution in [-0.4, -0.2) is 47.4 Å². The average molecular weight is 1010 g/mol. The van der Waals surface area contributed by atoms with E-state index in [1.54, 1.807) is 0 Å². The second-order valence-corrected chi connectivity index (χ2v) is 22.4. The average Bonchev–Trinajstić information content (AvgIpc) is 3.38. The molecule has 0 aliphatic rings. The number of esters is 1. The summed E-state index contributed by atoms with van der Waals surface area (Å²) in [5.41, 5.74) is 0. The third-order valence-corrected chi connectivity index (χ3v) is 15.2. The van der Waals surface area contributed by atoms with E-state index in [0.717, 1.165) is 64.2 Å². The molecule has 0 heterocycles. The van der Waals surface area contributed by atoms with Crippen molar-refractivity contribution in [2.45, 2.75) is 373 Å². The molecule has 0 rings (SSSR count). The third kappa shape index (κ3) is 57.6. The van der Waals surface area contributed by atoms with E-state index in [2.05, 4.69) is 43.5 Å². The molecule has 3 N–H and O–H groups in total. The van der Waals surface area contributed by atoms with Gasteiger partial charge in [0.05, 0.1) is 25.4 Å². The van der Waals surface area contributed by atoms with Gasteiger partial charge in [-0.25, -0.2) is 0 Å². The Kier molecular flexibility index (Phi) is 60.5. The highest BCUT2D eigenvalue weighted by Gasteiger charge is 2.20. The highest BCUT2D eigenvalue weighted by molar-refractivity contribution is 5.76. The van der Waals surface area contributed by atoms with Gasteiger partial charge in [0.25, 0.3) is 0 Å². The van der Waals surface area contributed by atoms with Crippen LogP contribution in [0.5, 0.6) is 0 Å². The molecule has 0 aromatic carbocycles. The molecule has 0 aromatic heterocycles. The van der Waals surface area contributed by atoms with Crippen molar-refractivity contribution in [1.29, 1.82) is 0 Å². The van der Waals surface area contributed by atoms with E-state index in [4.69, 9.17) is 4.74 Å². The molecule has 0 aliphatic carbocycles. The van der Waals surface area contributed by atoms with Gasteiger partial charge in [0.1, 0.15) is 0 Å². The van der Waals surface area contributed by atoms with Crippen molar-refractivity contribution in [1.82, 2.24) is 5.32 Å². The molecular weight excluding hydrogens is 887 g/mol. The highest BCUT2D eigenvalue weighted by Crippen LogP contribution is 2.18. The lowest BCUT2D eigenvalue weighted by Crippen LogP contribution is -2.45. The third-order valence-electron chi connectivity index (χ3n) is 15.2. The summed E-state index contributed by atoms with van der Waals surface area (Å²) in [6, 6.07) is -0.555. The molecule has 426 valence electrons. The molecule has 72 heavy (non-hydrogen) atoms. The van der Waals surface area contributed by atoms with Crippen molar-refractivity contribution in [2.24, 2.45) is 0 Å². The van der Waals surface area contributed by atoms with Gasteiger partial charge < -0.3 is 20.3 Å². The van der Waals surface area contributed by atoms with Crippen LogP contribution in [0.4, 0.5) is 0 Å². The maximum absolute atomic E-state index is 12.5. The molecule has 0 spiro atoms. The molecule has 6 heteroatoms. The Labute approximate surface area is 450 Å². The number of aliphatic hydroxyl groups excluding tert-OH is 2. The van der Waals surface area contributed by atoms with E-state index in [1.807, 2.05) is 0 Å². The summed E-state index contributed by atoms with van der Waals surface area (Å²) in [5.74, 6) is -0.0582. The van der Waals surface area contributed by atoms with Crippen LogP contribution < -0.4 is 5.32 Å². The van der Waals surface area contributed by atoms with Crippen LogP contribution in [0, 0.1) is 0 Å². The molecule has 0 fully saturated rings. The van der Waals surface area contributed by atoms with Gasteiger partial charge >= 0.3 is 5.97 Å². The summed E-state index contributed by atoms with van der Waals surface area (Å²) in [5, 5.41) is 23.4. The topological polar surface area (TPSA) is 95.9 Å². The van der Waals surface area contributed by atoms with Crippen molar-refractivity contribution in [3.8, 4) is 0 Å². The Morgan fingerprint density at radius 3 is 0.986 bits per heavy atom. The number of unbranched alkanes of at least 4 members (excludes halogenated alkanes) is 46. The van der Waals surface area contributed by atoms with Crippen LogP contribution in [0.1, 0.15) is 361 Å². The number of ether oxygens (including phenoxy) is 1. The van der Waals surface area contributed by atoms with Gasteiger partial charge in [-0.1, -0.05) is 295 Å². The van der Waals surface area contributed by atoms with Crippen molar-refractivity contribution in [3.05, 3.63) is 24.3 Å². The van der Waals surface area contributed by atoms with Gasteiger partial charge in [0.2, 0.25) is 5.91 Å². The maximum atomic E-state index is 12.5. The summed E-state index contributed by atoms with van der Waals surface area (Å²) in [6.07, 6.45) is 76.2. The Bertz CT molecular complexity index is 1120. The molecule has 2 atom stereocenters. The minimum atomic E-state index is -0.676. The van der Waals surface area contributed by atoms with Crippen LogP contribution in [0.15, 0.2) is 24.3 Å². The van der Waals surface area contributed by atoms with Crippen LogP contribution >= 0.6 is 0 Å². The Hall–Kier alpha value is -1.66. The first-order valence-electron chi connectivity index (χ1n) is 32.6. The fraction of sp³-hybridized carbons (Fsp3) is 0.909. The number of amides is 1. The number of carbonyl (C=O) groups excluding carboxylic acids is 2. The number of aliphatic hydroxyl groups is 2. The van der Waals surface area contributed by atoms with E-state index in [1.165, 1.54) is 263 Å². The van der Waals surface area contributed by atoms with E-state index in [9.17, 15) is 19.8 Å². The number of nitrogens with one attached hydrogen (secondary N) is 1. The van der Waals surface area contributed by atoms with Crippen LogP contribution in [-0.2, 0) is 14.3 Å². The molecule has 0 aromatic rings. The number of rotatable bonds is 61. The lowest BCUT2D eigenvalue weighted by molar-refractivity contribution is -0.143. The highest BCUT2D eigenvalue weighted by atomic mass is 16.5. The minimum Gasteiger partial charge on any atom is -0.466 e. The predicted octanol–water partition coefficient (Wildman–Crippen LogP) is 20.6. The molecule has 6 nitrogen and oxygen atoms in total. The van der Waals surface area contributed by atoms with Gasteiger partial charge in [-0.2, -0.15) is 0 Å². The standard InChI is InChI=1S/C66H127NO5/c1-3-5-7-9-11-13-15-17-19-20-21-22-23-24-25-26-27-31-34-38-42-46-50-54-58-64(69)63(62-68)67-65(70)59-55-51-47-43-39-35-32-28-29-33-37-41-45-49-53-57-61-72-66(71)60-56-52-48-44-40-36-30-18-16-14-12-10-8-6-4-2/h18,28,30,32,63-64,68-69H,3-17,19-27,29,31,33-62H2,1-2H3,(H,67,70)/b30-18-,32-28-. The largest absolute Gasteiger partial charge is 0.466 e. The Balaban J connectivity index is 3.45.